The lowest BCUT2D eigenvalue weighted by molar-refractivity contribution is -0.145. The normalized spacial score (nSPS) is 29.4. The first-order valence-corrected chi connectivity index (χ1v) is 13.2. The van der Waals surface area contributed by atoms with Crippen LogP contribution in [0.5, 0.6) is 11.5 Å². The zero-order valence-electron chi connectivity index (χ0n) is 23.5. The summed E-state index contributed by atoms with van der Waals surface area (Å²) in [5.74, 6) is -1.83. The first-order valence-electron chi connectivity index (χ1n) is 13.2. The fourth-order valence-corrected chi connectivity index (χ4v) is 7.16. The van der Waals surface area contributed by atoms with Gasteiger partial charge in [-0.2, -0.15) is 0 Å². The number of esters is 1. The van der Waals surface area contributed by atoms with E-state index in [1.807, 2.05) is 17.0 Å². The molecular weight excluding hydrogens is 518 g/mol. The van der Waals surface area contributed by atoms with Crippen LogP contribution in [0, 0.1) is 5.41 Å². The van der Waals surface area contributed by atoms with Gasteiger partial charge < -0.3 is 23.8 Å². The molecule has 0 N–H and O–H groups in total. The van der Waals surface area contributed by atoms with Crippen LogP contribution in [0.1, 0.15) is 61.8 Å². The molecule has 0 spiro atoms. The molecule has 2 amide bonds. The molecule has 5 atom stereocenters. The number of pyridine rings is 1. The van der Waals surface area contributed by atoms with Gasteiger partial charge in [-0.05, 0) is 25.5 Å². The molecule has 1 aromatic carbocycles. The Labute approximate surface area is 231 Å². The number of rotatable bonds is 4. The number of ketones is 1. The number of anilines is 1. The highest BCUT2D eigenvalue weighted by molar-refractivity contribution is 6.34. The van der Waals surface area contributed by atoms with Gasteiger partial charge >= 0.3 is 5.97 Å². The average Bonchev–Trinajstić information content (AvgIpc) is 3.69. The highest BCUT2D eigenvalue weighted by Crippen LogP contribution is 2.60. The second-order valence-electron chi connectivity index (χ2n) is 10.9. The number of epoxide rings is 1. The average molecular weight is 550 g/mol. The molecule has 2 fully saturated rings. The zero-order chi connectivity index (χ0) is 28.9. The quantitative estimate of drug-likeness (QED) is 0.321. The minimum atomic E-state index is -1.97. The van der Waals surface area contributed by atoms with Crippen LogP contribution in [0.4, 0.5) is 5.69 Å². The van der Waals surface area contributed by atoms with Crippen LogP contribution < -0.4 is 14.4 Å². The number of carbonyl (C=O) groups is 4. The first kappa shape index (κ1) is 26.2. The van der Waals surface area contributed by atoms with Crippen molar-refractivity contribution in [2.24, 2.45) is 5.41 Å². The van der Waals surface area contributed by atoms with E-state index in [4.69, 9.17) is 23.9 Å². The third-order valence-corrected chi connectivity index (χ3v) is 9.04. The fourth-order valence-electron chi connectivity index (χ4n) is 7.16. The zero-order valence-corrected chi connectivity index (χ0v) is 23.5. The van der Waals surface area contributed by atoms with Crippen LogP contribution in [-0.2, 0) is 23.9 Å². The van der Waals surface area contributed by atoms with Gasteiger partial charge in [-0.25, -0.2) is 9.78 Å². The maximum atomic E-state index is 14.2. The maximum Gasteiger partial charge on any atom is 0.340 e. The Morgan fingerprint density at radius 1 is 1.12 bits per heavy atom. The predicted molar refractivity (Wildman–Crippen MR) is 143 cm³/mol. The van der Waals surface area contributed by atoms with E-state index in [0.717, 1.165) is 16.9 Å². The van der Waals surface area contributed by atoms with Gasteiger partial charge in [-0.3, -0.25) is 19.3 Å². The van der Waals surface area contributed by atoms with Crippen molar-refractivity contribution in [3.63, 3.8) is 0 Å². The number of ether oxygens (including phenoxy) is 4. The standard InChI is InChI=1S/C29H31N3O8/c1-8-29-10-9-17-15(24(29)31(13(2)33)12-18-26(29)40-18)11-16-19-21(23(38-6)22(37-5)20(16)30-17)32(14(3)34)28(4,25(19)35)27(36)39-7/h9-11,18,24,26H,8,12H2,1-7H3/t18-,24-,26-,28+,29?/m0/s1. The van der Waals surface area contributed by atoms with E-state index in [2.05, 4.69) is 13.0 Å². The molecule has 1 aromatic heterocycles. The Hall–Kier alpha value is -3.99. The Bertz CT molecular complexity index is 1570. The van der Waals surface area contributed by atoms with Crippen LogP contribution in [0.2, 0.25) is 0 Å². The summed E-state index contributed by atoms with van der Waals surface area (Å²) in [4.78, 5) is 61.1. The van der Waals surface area contributed by atoms with Crippen LogP contribution >= 0.6 is 0 Å². The highest BCUT2D eigenvalue weighted by Gasteiger charge is 2.64. The highest BCUT2D eigenvalue weighted by atomic mass is 16.6. The number of aromatic nitrogens is 1. The van der Waals surface area contributed by atoms with Crippen LogP contribution in [-0.4, -0.2) is 79.1 Å². The van der Waals surface area contributed by atoms with Crippen molar-refractivity contribution in [1.82, 2.24) is 9.88 Å². The van der Waals surface area contributed by atoms with Crippen molar-refractivity contribution in [1.29, 1.82) is 0 Å². The number of benzene rings is 1. The van der Waals surface area contributed by atoms with Crippen LogP contribution in [0.15, 0.2) is 12.1 Å². The number of hydrogen-bond acceptors (Lipinski definition) is 9. The van der Waals surface area contributed by atoms with E-state index in [1.165, 1.54) is 42.1 Å². The minimum Gasteiger partial charge on any atom is -0.491 e. The van der Waals surface area contributed by atoms with Gasteiger partial charge in [-0.1, -0.05) is 13.0 Å². The summed E-state index contributed by atoms with van der Waals surface area (Å²) in [5.41, 5.74) is -0.502. The Balaban J connectivity index is 1.71. The summed E-state index contributed by atoms with van der Waals surface area (Å²) in [5, 5.41) is 0.387. The molecule has 0 saturated carbocycles. The third-order valence-electron chi connectivity index (χ3n) is 9.04. The van der Waals surface area contributed by atoms with Crippen molar-refractivity contribution in [2.45, 2.75) is 57.9 Å². The molecule has 1 unspecified atom stereocenters. The van der Waals surface area contributed by atoms with Gasteiger partial charge in [0, 0.05) is 30.2 Å². The minimum absolute atomic E-state index is 0.0280. The second-order valence-corrected chi connectivity index (χ2v) is 10.9. The van der Waals surface area contributed by atoms with Crippen molar-refractivity contribution in [2.75, 3.05) is 32.8 Å². The van der Waals surface area contributed by atoms with Gasteiger partial charge in [0.2, 0.25) is 23.1 Å². The topological polar surface area (TPSA) is 128 Å². The lowest BCUT2D eigenvalue weighted by atomic mass is 9.65. The van der Waals surface area contributed by atoms with Gasteiger partial charge in [0.1, 0.15) is 17.3 Å². The first-order chi connectivity index (χ1) is 19.0. The monoisotopic (exact) mass is 549 g/mol. The van der Waals surface area contributed by atoms with E-state index in [1.54, 1.807) is 0 Å². The van der Waals surface area contributed by atoms with Crippen molar-refractivity contribution < 1.29 is 38.1 Å². The third kappa shape index (κ3) is 3.01. The van der Waals surface area contributed by atoms with Gasteiger partial charge in [0.25, 0.3) is 0 Å². The number of Topliss-reactive ketones (excluding diaryl/α,β-unsaturated/α-hetero) is 1. The Morgan fingerprint density at radius 2 is 1.82 bits per heavy atom. The molecule has 0 bridgehead atoms. The van der Waals surface area contributed by atoms with Crippen LogP contribution in [0.3, 0.4) is 0 Å². The number of nitrogens with zero attached hydrogens (tertiary/aromatic N) is 3. The van der Waals surface area contributed by atoms with Gasteiger partial charge in [0.15, 0.2) is 11.5 Å². The molecule has 0 radical (unpaired) electrons. The number of likely N-dealkylation sites (tertiary alicyclic amines) is 1. The molecule has 3 aliphatic heterocycles. The van der Waals surface area contributed by atoms with E-state index in [-0.39, 0.29) is 46.9 Å². The van der Waals surface area contributed by atoms with Crippen molar-refractivity contribution >= 4 is 46.2 Å². The molecule has 40 heavy (non-hydrogen) atoms. The summed E-state index contributed by atoms with van der Waals surface area (Å²) >= 11 is 0. The summed E-state index contributed by atoms with van der Waals surface area (Å²) in [6, 6.07) is 1.46. The molecule has 1 aliphatic carbocycles. The number of fused-ring (bicyclic) bond motifs is 8. The Morgan fingerprint density at radius 3 is 2.40 bits per heavy atom. The summed E-state index contributed by atoms with van der Waals surface area (Å²) < 4.78 is 22.5. The summed E-state index contributed by atoms with van der Waals surface area (Å²) in [7, 11) is 4.01. The lowest BCUT2D eigenvalue weighted by Gasteiger charge is -2.48. The molecule has 4 aliphatic rings. The number of amides is 2. The Kier molecular flexibility index (Phi) is 5.58. The maximum absolute atomic E-state index is 14.2. The molecule has 2 aromatic rings. The fraction of sp³-hybridized carbons (Fsp3) is 0.483. The van der Waals surface area contributed by atoms with Crippen molar-refractivity contribution in [3.05, 3.63) is 29.0 Å². The van der Waals surface area contributed by atoms with Crippen LogP contribution in [0.25, 0.3) is 17.0 Å². The SMILES string of the molecule is CCC12C=Cc3nc4c(OC)c(OC)c5c(c4cc3[C@@H]1N(C(C)=O)C[C@@H]1O[C@@H]12)C(=O)[C@](C)(C(=O)OC)N5C(C)=O. The molecular formula is C29H31N3O8. The largest absolute Gasteiger partial charge is 0.491 e. The summed E-state index contributed by atoms with van der Waals surface area (Å²) in [6.45, 7) is 6.70. The molecule has 2 saturated heterocycles. The van der Waals surface area contributed by atoms with Gasteiger partial charge in [-0.15, -0.1) is 0 Å². The lowest BCUT2D eigenvalue weighted by Crippen LogP contribution is -2.56. The van der Waals surface area contributed by atoms with E-state index >= 15 is 0 Å². The van der Waals surface area contributed by atoms with E-state index in [0.29, 0.717) is 23.1 Å². The summed E-state index contributed by atoms with van der Waals surface area (Å²) in [6.07, 6.45) is 4.68. The smallest absolute Gasteiger partial charge is 0.340 e. The molecule has 210 valence electrons. The number of methoxy groups -OCH3 is 3. The van der Waals surface area contributed by atoms with E-state index in [9.17, 15) is 19.2 Å². The molecule has 4 heterocycles. The second kappa shape index (κ2) is 8.50. The van der Waals surface area contributed by atoms with E-state index < -0.39 is 28.6 Å². The molecule has 11 heteroatoms. The number of piperidine rings is 1. The molecule has 11 nitrogen and oxygen atoms in total. The number of carbonyl (C=O) groups excluding carboxylic acids is 4. The van der Waals surface area contributed by atoms with Crippen molar-refractivity contribution in [3.8, 4) is 11.5 Å². The number of hydrogen-bond donors (Lipinski definition) is 0. The predicted octanol–water partition coefficient (Wildman–Crippen LogP) is 2.83. The molecule has 6 rings (SSSR count). The van der Waals surface area contributed by atoms with Gasteiger partial charge in [0.05, 0.1) is 51.3 Å².